The highest BCUT2D eigenvalue weighted by molar-refractivity contribution is 5.79. The largest absolute Gasteiger partial charge is 0.489 e. The highest BCUT2D eigenvalue weighted by Crippen LogP contribution is 2.32. The van der Waals surface area contributed by atoms with Gasteiger partial charge < -0.3 is 14.6 Å². The van der Waals surface area contributed by atoms with Crippen LogP contribution in [-0.4, -0.2) is 23.6 Å². The molecule has 26 heavy (non-hydrogen) atoms. The number of Topliss-reactive ketones (excluding diaryl/α,β-unsaturated/α-hetero) is 1. The minimum atomic E-state index is -0.685. The average Bonchev–Trinajstić information content (AvgIpc) is 2.67. The number of carbonyl (C=O) groups excluding carboxylic acids is 1. The van der Waals surface area contributed by atoms with Gasteiger partial charge in [-0.1, -0.05) is 30.3 Å². The van der Waals surface area contributed by atoms with Crippen LogP contribution in [0.25, 0.3) is 0 Å². The van der Waals surface area contributed by atoms with E-state index in [4.69, 9.17) is 9.47 Å². The van der Waals surface area contributed by atoms with E-state index in [2.05, 4.69) is 0 Å². The third-order valence-electron chi connectivity index (χ3n) is 4.57. The number of benzene rings is 2. The Morgan fingerprint density at radius 1 is 1.12 bits per heavy atom. The van der Waals surface area contributed by atoms with Crippen LogP contribution in [-0.2, 0) is 16.1 Å². The fourth-order valence-corrected chi connectivity index (χ4v) is 3.13. The Bertz CT molecular complexity index is 722. The zero-order valence-corrected chi connectivity index (χ0v) is 14.6. The summed E-state index contributed by atoms with van der Waals surface area (Å²) in [4.78, 5) is 11.4. The van der Waals surface area contributed by atoms with Crippen molar-refractivity contribution < 1.29 is 23.8 Å². The first-order chi connectivity index (χ1) is 12.7. The molecule has 3 rings (SSSR count). The van der Waals surface area contributed by atoms with Gasteiger partial charge in [-0.15, -0.1) is 0 Å². The van der Waals surface area contributed by atoms with E-state index < -0.39 is 11.9 Å². The molecule has 4 nitrogen and oxygen atoms in total. The Morgan fingerprint density at radius 3 is 2.54 bits per heavy atom. The highest BCUT2D eigenvalue weighted by Gasteiger charge is 2.25. The zero-order valence-electron chi connectivity index (χ0n) is 14.6. The molecule has 1 aliphatic carbocycles. The van der Waals surface area contributed by atoms with Crippen molar-refractivity contribution in [3.63, 3.8) is 0 Å². The van der Waals surface area contributed by atoms with E-state index in [0.717, 1.165) is 5.56 Å². The van der Waals surface area contributed by atoms with Gasteiger partial charge in [0, 0.05) is 18.4 Å². The summed E-state index contributed by atoms with van der Waals surface area (Å²) in [6, 6.07) is 13.9. The summed E-state index contributed by atoms with van der Waals surface area (Å²) in [6.07, 6.45) is 1.44. The molecule has 2 aromatic rings. The monoisotopic (exact) mass is 358 g/mol. The molecule has 5 heteroatoms. The van der Waals surface area contributed by atoms with Crippen LogP contribution >= 0.6 is 0 Å². The number of ether oxygens (including phenoxy) is 2. The van der Waals surface area contributed by atoms with Crippen molar-refractivity contribution in [2.45, 2.75) is 44.5 Å². The lowest BCUT2D eigenvalue weighted by Crippen LogP contribution is -2.25. The van der Waals surface area contributed by atoms with Crippen molar-refractivity contribution >= 4 is 5.78 Å². The summed E-state index contributed by atoms with van der Waals surface area (Å²) >= 11 is 0. The first kappa shape index (κ1) is 18.5. The second kappa shape index (κ2) is 8.92. The van der Waals surface area contributed by atoms with Crippen LogP contribution < -0.4 is 4.74 Å². The molecule has 1 fully saturated rings. The van der Waals surface area contributed by atoms with Crippen LogP contribution in [0.15, 0.2) is 48.5 Å². The summed E-state index contributed by atoms with van der Waals surface area (Å²) in [5.74, 6) is 0.317. The van der Waals surface area contributed by atoms with E-state index in [-0.39, 0.29) is 18.5 Å². The Hall–Kier alpha value is -2.24. The second-order valence-corrected chi connectivity index (χ2v) is 6.50. The summed E-state index contributed by atoms with van der Waals surface area (Å²) < 4.78 is 25.6. The molecule has 138 valence electrons. The number of ketones is 1. The van der Waals surface area contributed by atoms with Gasteiger partial charge in [0.1, 0.15) is 30.1 Å². The summed E-state index contributed by atoms with van der Waals surface area (Å²) in [6.45, 7) is 0.0607. The summed E-state index contributed by atoms with van der Waals surface area (Å²) in [5, 5.41) is 9.79. The second-order valence-electron chi connectivity index (χ2n) is 6.50. The maximum Gasteiger partial charge on any atom is 0.133 e. The topological polar surface area (TPSA) is 55.8 Å². The third-order valence-corrected chi connectivity index (χ3v) is 4.57. The molecule has 1 N–H and O–H groups in total. The van der Waals surface area contributed by atoms with E-state index in [0.29, 0.717) is 43.6 Å². The highest BCUT2D eigenvalue weighted by atomic mass is 19.1. The van der Waals surface area contributed by atoms with Crippen molar-refractivity contribution in [2.75, 3.05) is 6.61 Å². The number of rotatable bonds is 7. The van der Waals surface area contributed by atoms with Gasteiger partial charge in [0.2, 0.25) is 0 Å². The van der Waals surface area contributed by atoms with Gasteiger partial charge in [-0.3, -0.25) is 4.79 Å². The van der Waals surface area contributed by atoms with Crippen molar-refractivity contribution in [1.29, 1.82) is 0 Å². The van der Waals surface area contributed by atoms with Crippen molar-refractivity contribution in [1.82, 2.24) is 0 Å². The molecule has 0 saturated heterocycles. The third kappa shape index (κ3) is 4.90. The maximum atomic E-state index is 13.8. The molecule has 0 aromatic heterocycles. The van der Waals surface area contributed by atoms with Crippen molar-refractivity contribution in [3.8, 4) is 5.75 Å². The molecule has 2 aromatic carbocycles. The lowest BCUT2D eigenvalue weighted by Gasteiger charge is -2.27. The minimum Gasteiger partial charge on any atom is -0.489 e. The molecule has 0 aliphatic heterocycles. The summed E-state index contributed by atoms with van der Waals surface area (Å²) in [7, 11) is 0. The van der Waals surface area contributed by atoms with Gasteiger partial charge in [0.15, 0.2) is 0 Å². The van der Waals surface area contributed by atoms with Gasteiger partial charge in [-0.2, -0.15) is 0 Å². The normalized spacial score (nSPS) is 16.5. The molecule has 1 saturated carbocycles. The average molecular weight is 358 g/mol. The molecule has 0 amide bonds. The van der Waals surface area contributed by atoms with Gasteiger partial charge in [0.25, 0.3) is 0 Å². The first-order valence-electron chi connectivity index (χ1n) is 8.90. The van der Waals surface area contributed by atoms with Crippen LogP contribution in [0.4, 0.5) is 4.39 Å². The van der Waals surface area contributed by atoms with E-state index in [9.17, 15) is 14.3 Å². The Balaban J connectivity index is 1.73. The predicted molar refractivity (Wildman–Crippen MR) is 95.3 cm³/mol. The van der Waals surface area contributed by atoms with Crippen LogP contribution in [0, 0.1) is 5.82 Å². The molecule has 0 bridgehead atoms. The number of carbonyl (C=O) groups is 1. The molecule has 0 spiro atoms. The molecular weight excluding hydrogens is 335 g/mol. The number of aliphatic hydroxyl groups is 1. The fourth-order valence-electron chi connectivity index (χ4n) is 3.13. The zero-order chi connectivity index (χ0) is 18.4. The van der Waals surface area contributed by atoms with E-state index in [1.807, 2.05) is 30.3 Å². The number of halogens is 1. The number of hydrogen-bond acceptors (Lipinski definition) is 4. The van der Waals surface area contributed by atoms with Crippen molar-refractivity contribution in [3.05, 3.63) is 65.5 Å². The molecule has 0 unspecified atom stereocenters. The SMILES string of the molecule is O=C1CCC(O[C@@H](CO)c2cc(F)ccc2OCc2ccccc2)CC1. The van der Waals surface area contributed by atoms with Crippen LogP contribution in [0.5, 0.6) is 5.75 Å². The van der Waals surface area contributed by atoms with E-state index in [1.165, 1.54) is 12.1 Å². The molecule has 1 atom stereocenters. The summed E-state index contributed by atoms with van der Waals surface area (Å²) in [5.41, 5.74) is 1.48. The lowest BCUT2D eigenvalue weighted by atomic mass is 9.96. The number of hydrogen-bond donors (Lipinski definition) is 1. The standard InChI is InChI=1S/C21H23FO4/c22-16-6-11-20(25-14-15-4-2-1-3-5-15)19(12-16)21(13-23)26-18-9-7-17(24)8-10-18/h1-6,11-12,18,21,23H,7-10,13-14H2/t21-/m0/s1. The Morgan fingerprint density at radius 2 is 1.85 bits per heavy atom. The van der Waals surface area contributed by atoms with E-state index in [1.54, 1.807) is 6.07 Å². The fraction of sp³-hybridized carbons (Fsp3) is 0.381. The Kier molecular flexibility index (Phi) is 6.36. The quantitative estimate of drug-likeness (QED) is 0.814. The molecule has 0 radical (unpaired) electrons. The van der Waals surface area contributed by atoms with Gasteiger partial charge in [0.05, 0.1) is 12.7 Å². The smallest absolute Gasteiger partial charge is 0.133 e. The minimum absolute atomic E-state index is 0.116. The van der Waals surface area contributed by atoms with Crippen LogP contribution in [0.1, 0.15) is 42.9 Å². The Labute approximate surface area is 152 Å². The van der Waals surface area contributed by atoms with Gasteiger partial charge >= 0.3 is 0 Å². The van der Waals surface area contributed by atoms with Crippen molar-refractivity contribution in [2.24, 2.45) is 0 Å². The molecule has 1 aliphatic rings. The molecule has 0 heterocycles. The predicted octanol–water partition coefficient (Wildman–Crippen LogP) is 3.97. The van der Waals surface area contributed by atoms with Gasteiger partial charge in [-0.05, 0) is 36.6 Å². The first-order valence-corrected chi connectivity index (χ1v) is 8.90. The maximum absolute atomic E-state index is 13.8. The van der Waals surface area contributed by atoms with Crippen LogP contribution in [0.2, 0.25) is 0 Å². The molecular formula is C21H23FO4. The van der Waals surface area contributed by atoms with Crippen LogP contribution in [0.3, 0.4) is 0 Å². The van der Waals surface area contributed by atoms with Gasteiger partial charge in [-0.25, -0.2) is 4.39 Å². The van der Waals surface area contributed by atoms with E-state index >= 15 is 0 Å². The lowest BCUT2D eigenvalue weighted by molar-refractivity contribution is -0.125. The number of aliphatic hydroxyl groups excluding tert-OH is 1.